The van der Waals surface area contributed by atoms with E-state index in [1.165, 1.54) is 24.1 Å². The van der Waals surface area contributed by atoms with Gasteiger partial charge in [-0.3, -0.25) is 5.32 Å². The number of esters is 1. The number of amides is 2. The summed E-state index contributed by atoms with van der Waals surface area (Å²) in [5.41, 5.74) is -0.868. The van der Waals surface area contributed by atoms with Crippen LogP contribution in [0.15, 0.2) is 12.1 Å². The molecule has 9 heteroatoms. The molecule has 2 heterocycles. The van der Waals surface area contributed by atoms with Crippen LogP contribution in [0.2, 0.25) is 0 Å². The van der Waals surface area contributed by atoms with Gasteiger partial charge in [0.15, 0.2) is 11.5 Å². The highest BCUT2D eigenvalue weighted by Crippen LogP contribution is 2.65. The predicted molar refractivity (Wildman–Crippen MR) is 75.2 cm³/mol. The molecule has 1 aliphatic carbocycles. The van der Waals surface area contributed by atoms with E-state index in [0.29, 0.717) is 12.8 Å². The van der Waals surface area contributed by atoms with E-state index in [1.54, 1.807) is 0 Å². The number of anilines is 1. The minimum Gasteiger partial charge on any atom is -0.464 e. The first-order valence-electron chi connectivity index (χ1n) is 7.23. The van der Waals surface area contributed by atoms with E-state index in [4.69, 9.17) is 0 Å². The van der Waals surface area contributed by atoms with Crippen LogP contribution in [0.25, 0.3) is 0 Å². The highest BCUT2D eigenvalue weighted by molar-refractivity contribution is 5.89. The van der Waals surface area contributed by atoms with Gasteiger partial charge in [0.1, 0.15) is 0 Å². The molecule has 1 spiro atoms. The first-order chi connectivity index (χ1) is 10.9. The van der Waals surface area contributed by atoms with Gasteiger partial charge >= 0.3 is 12.0 Å². The summed E-state index contributed by atoms with van der Waals surface area (Å²) in [6.07, 6.45) is 0.538. The van der Waals surface area contributed by atoms with Gasteiger partial charge in [0.25, 0.3) is 5.92 Å². The Morgan fingerprint density at radius 2 is 1.91 bits per heavy atom. The number of methoxy groups -OCH3 is 1. The van der Waals surface area contributed by atoms with E-state index in [1.807, 2.05) is 0 Å². The molecule has 7 nitrogen and oxygen atoms in total. The summed E-state index contributed by atoms with van der Waals surface area (Å²) < 4.78 is 31.1. The van der Waals surface area contributed by atoms with E-state index in [9.17, 15) is 18.4 Å². The van der Waals surface area contributed by atoms with Gasteiger partial charge in [-0.05, 0) is 25.0 Å². The second-order valence-electron chi connectivity index (χ2n) is 5.87. The third kappa shape index (κ3) is 2.82. The summed E-state index contributed by atoms with van der Waals surface area (Å²) in [6, 6.07) is 2.39. The lowest BCUT2D eigenvalue weighted by Gasteiger charge is -2.32. The molecule has 0 aromatic carbocycles. The molecule has 1 saturated carbocycles. The lowest BCUT2D eigenvalue weighted by Crippen LogP contribution is -2.42. The van der Waals surface area contributed by atoms with Crippen LogP contribution in [-0.2, 0) is 4.74 Å². The molecule has 0 atom stereocenters. The lowest BCUT2D eigenvalue weighted by molar-refractivity contribution is 0.0380. The standard InChI is InChI=1S/C14H16F2N4O3/c1-23-11(21)9-2-3-10(19-18-9)17-12(22)20-6-4-13(5-7-20)8-14(13,15)16/h2-3H,4-8H2,1H3,(H,17,19,22). The molecule has 124 valence electrons. The largest absolute Gasteiger partial charge is 0.464 e. The van der Waals surface area contributed by atoms with Crippen molar-refractivity contribution in [2.45, 2.75) is 25.2 Å². The highest BCUT2D eigenvalue weighted by Gasteiger charge is 2.70. The monoisotopic (exact) mass is 326 g/mol. The van der Waals surface area contributed by atoms with Gasteiger partial charge in [0.2, 0.25) is 0 Å². The Morgan fingerprint density at radius 3 is 2.39 bits per heavy atom. The average molecular weight is 326 g/mol. The van der Waals surface area contributed by atoms with Gasteiger partial charge in [-0.2, -0.15) is 0 Å². The summed E-state index contributed by atoms with van der Waals surface area (Å²) in [5.74, 6) is -3.02. The number of rotatable bonds is 2. The van der Waals surface area contributed by atoms with E-state index in [-0.39, 0.29) is 31.0 Å². The van der Waals surface area contributed by atoms with Crippen molar-refractivity contribution >= 4 is 17.8 Å². The number of nitrogens with one attached hydrogen (secondary N) is 1. The smallest absolute Gasteiger partial charge is 0.358 e. The molecule has 2 amide bonds. The molecule has 1 N–H and O–H groups in total. The number of urea groups is 1. The third-order valence-electron chi connectivity index (χ3n) is 4.51. The minimum atomic E-state index is -2.58. The topological polar surface area (TPSA) is 84.4 Å². The molecular formula is C14H16F2N4O3. The van der Waals surface area contributed by atoms with Gasteiger partial charge < -0.3 is 9.64 Å². The summed E-state index contributed by atoms with van der Waals surface area (Å²) in [7, 11) is 1.23. The number of aromatic nitrogens is 2. The number of halogens is 2. The number of ether oxygens (including phenoxy) is 1. The van der Waals surface area contributed by atoms with Crippen molar-refractivity contribution in [1.82, 2.24) is 15.1 Å². The van der Waals surface area contributed by atoms with Gasteiger partial charge in [-0.25, -0.2) is 18.4 Å². The summed E-state index contributed by atoms with van der Waals surface area (Å²) in [6.45, 7) is 0.574. The number of carbonyl (C=O) groups is 2. The quantitative estimate of drug-likeness (QED) is 0.839. The SMILES string of the molecule is COC(=O)c1ccc(NC(=O)N2CCC3(CC2)CC3(F)F)nn1. The van der Waals surface area contributed by atoms with Gasteiger partial charge in [0, 0.05) is 24.9 Å². The Morgan fingerprint density at radius 1 is 1.26 bits per heavy atom. The number of nitrogens with zero attached hydrogens (tertiary/aromatic N) is 3. The third-order valence-corrected chi connectivity index (χ3v) is 4.51. The van der Waals surface area contributed by atoms with Gasteiger partial charge in [-0.15, -0.1) is 10.2 Å². The second-order valence-corrected chi connectivity index (χ2v) is 5.87. The molecule has 1 saturated heterocycles. The fourth-order valence-electron chi connectivity index (χ4n) is 2.86. The summed E-state index contributed by atoms with van der Waals surface area (Å²) >= 11 is 0. The molecule has 23 heavy (non-hydrogen) atoms. The Labute approximate surface area is 131 Å². The molecule has 1 aromatic rings. The normalized spacial score (nSPS) is 20.9. The zero-order valence-electron chi connectivity index (χ0n) is 12.5. The van der Waals surface area contributed by atoms with Crippen LogP contribution in [0, 0.1) is 5.41 Å². The molecule has 1 aromatic heterocycles. The van der Waals surface area contributed by atoms with E-state index < -0.39 is 23.3 Å². The van der Waals surface area contributed by atoms with Crippen LogP contribution in [-0.4, -0.2) is 53.2 Å². The Hall–Kier alpha value is -2.32. The van der Waals surface area contributed by atoms with Crippen molar-refractivity contribution in [2.75, 3.05) is 25.5 Å². The number of hydrogen-bond acceptors (Lipinski definition) is 5. The predicted octanol–water partition coefficient (Wildman–Crippen LogP) is 1.92. The Bertz CT molecular complexity index is 627. The number of alkyl halides is 2. The van der Waals surface area contributed by atoms with Crippen LogP contribution in [0.4, 0.5) is 19.4 Å². The first-order valence-corrected chi connectivity index (χ1v) is 7.23. The Kier molecular flexibility index (Phi) is 3.65. The van der Waals surface area contributed by atoms with Crippen molar-refractivity contribution in [3.8, 4) is 0 Å². The number of likely N-dealkylation sites (tertiary alicyclic amines) is 1. The van der Waals surface area contributed by atoms with Crippen molar-refractivity contribution in [1.29, 1.82) is 0 Å². The maximum absolute atomic E-state index is 13.3. The minimum absolute atomic E-state index is 0.0291. The van der Waals surface area contributed by atoms with E-state index >= 15 is 0 Å². The van der Waals surface area contributed by atoms with E-state index in [2.05, 4.69) is 20.3 Å². The van der Waals surface area contributed by atoms with Crippen LogP contribution >= 0.6 is 0 Å². The van der Waals surface area contributed by atoms with Crippen LogP contribution in [0.5, 0.6) is 0 Å². The molecular weight excluding hydrogens is 310 g/mol. The van der Waals surface area contributed by atoms with Crippen LogP contribution in [0.1, 0.15) is 29.8 Å². The molecule has 0 unspecified atom stereocenters. The van der Waals surface area contributed by atoms with E-state index in [0.717, 1.165) is 0 Å². The molecule has 2 fully saturated rings. The number of carbonyl (C=O) groups excluding carboxylic acids is 2. The first kappa shape index (κ1) is 15.6. The van der Waals surface area contributed by atoms with Crippen LogP contribution in [0.3, 0.4) is 0 Å². The lowest BCUT2D eigenvalue weighted by atomic mass is 9.93. The second kappa shape index (κ2) is 5.39. The number of piperidine rings is 1. The Balaban J connectivity index is 1.55. The number of hydrogen-bond donors (Lipinski definition) is 1. The summed E-state index contributed by atoms with van der Waals surface area (Å²) in [5, 5.41) is 9.90. The zero-order chi connectivity index (χ0) is 16.7. The molecule has 0 radical (unpaired) electrons. The molecule has 2 aliphatic rings. The van der Waals surface area contributed by atoms with Crippen molar-refractivity contribution < 1.29 is 23.1 Å². The van der Waals surface area contributed by atoms with Crippen molar-refractivity contribution in [3.63, 3.8) is 0 Å². The highest BCUT2D eigenvalue weighted by atomic mass is 19.3. The average Bonchev–Trinajstić information content (AvgIpc) is 3.07. The zero-order valence-corrected chi connectivity index (χ0v) is 12.5. The summed E-state index contributed by atoms with van der Waals surface area (Å²) in [4.78, 5) is 24.8. The maximum atomic E-state index is 13.3. The molecule has 0 bridgehead atoms. The van der Waals surface area contributed by atoms with Gasteiger partial charge in [-0.1, -0.05) is 0 Å². The van der Waals surface area contributed by atoms with Crippen LogP contribution < -0.4 is 5.32 Å². The maximum Gasteiger partial charge on any atom is 0.358 e. The fourth-order valence-corrected chi connectivity index (χ4v) is 2.86. The van der Waals surface area contributed by atoms with Gasteiger partial charge in [0.05, 0.1) is 7.11 Å². The fraction of sp³-hybridized carbons (Fsp3) is 0.571. The van der Waals surface area contributed by atoms with Crippen molar-refractivity contribution in [3.05, 3.63) is 17.8 Å². The molecule has 1 aliphatic heterocycles. The van der Waals surface area contributed by atoms with Crippen molar-refractivity contribution in [2.24, 2.45) is 5.41 Å². The molecule has 3 rings (SSSR count).